The highest BCUT2D eigenvalue weighted by Crippen LogP contribution is 2.46. The Bertz CT molecular complexity index is 1170. The van der Waals surface area contributed by atoms with Crippen molar-refractivity contribution in [1.29, 1.82) is 0 Å². The maximum absolute atomic E-state index is 13.0. The van der Waals surface area contributed by atoms with Crippen LogP contribution in [0.1, 0.15) is 17.3 Å². The Balaban J connectivity index is 1.55. The second-order valence-corrected chi connectivity index (χ2v) is 9.75. The molecule has 0 aliphatic carbocycles. The Morgan fingerprint density at radius 3 is 2.66 bits per heavy atom. The molecule has 2 aromatic carbocycles. The molecule has 8 heteroatoms. The number of aromatic amines is 1. The fourth-order valence-corrected chi connectivity index (χ4v) is 6.27. The minimum Gasteiger partial charge on any atom is -0.497 e. The van der Waals surface area contributed by atoms with Crippen molar-refractivity contribution in [3.8, 4) is 5.75 Å². The number of hydrogen-bond acceptors (Lipinski definition) is 5. The molecule has 1 spiro atoms. The predicted molar refractivity (Wildman–Crippen MR) is 110 cm³/mol. The first-order valence-corrected chi connectivity index (χ1v) is 11.0. The van der Waals surface area contributed by atoms with Crippen LogP contribution in [0.25, 0.3) is 10.9 Å². The molecular weight excluding hydrogens is 390 g/mol. The molecule has 29 heavy (non-hydrogen) atoms. The molecule has 3 N–H and O–H groups in total. The number of aliphatic hydroxyl groups excluding tert-OH is 1. The van der Waals surface area contributed by atoms with E-state index in [1.807, 2.05) is 24.3 Å². The number of H-pyrrole nitrogens is 1. The van der Waals surface area contributed by atoms with Gasteiger partial charge in [0.05, 0.1) is 24.7 Å². The Hall–Kier alpha value is -2.39. The molecule has 0 amide bonds. The van der Waals surface area contributed by atoms with Crippen LogP contribution in [0.15, 0.2) is 53.4 Å². The molecule has 1 atom stereocenters. The van der Waals surface area contributed by atoms with Gasteiger partial charge in [-0.05, 0) is 29.8 Å². The number of ether oxygens (including phenoxy) is 1. The van der Waals surface area contributed by atoms with E-state index in [0.29, 0.717) is 24.5 Å². The van der Waals surface area contributed by atoms with Crippen molar-refractivity contribution in [3.63, 3.8) is 0 Å². The normalized spacial score (nSPS) is 21.1. The highest BCUT2D eigenvalue weighted by atomic mass is 32.2. The molecule has 0 saturated carbocycles. The Morgan fingerprint density at radius 2 is 1.97 bits per heavy atom. The molecule has 3 aromatic rings. The van der Waals surface area contributed by atoms with E-state index in [0.717, 1.165) is 27.9 Å². The van der Waals surface area contributed by atoms with Gasteiger partial charge < -0.3 is 20.1 Å². The standard InChI is InChI=1S/C21H23N3O4S/c1-28-14-7-8-16-17(9-14)23-20-18(10-25)22-11-21(19(16)20)12-24(13-21)29(26,27)15-5-3-2-4-6-15/h2-9,18,22-23,25H,10-13H2,1H3/t18-/m1/s1. The lowest BCUT2D eigenvalue weighted by Gasteiger charge is -2.52. The van der Waals surface area contributed by atoms with Gasteiger partial charge in [0, 0.05) is 47.7 Å². The van der Waals surface area contributed by atoms with Gasteiger partial charge in [-0.25, -0.2) is 8.42 Å². The fourth-order valence-electron chi connectivity index (χ4n) is 4.63. The number of nitrogens with one attached hydrogen (secondary N) is 2. The van der Waals surface area contributed by atoms with Crippen LogP contribution < -0.4 is 10.1 Å². The lowest BCUT2D eigenvalue weighted by molar-refractivity contribution is 0.122. The molecule has 7 nitrogen and oxygen atoms in total. The molecule has 152 valence electrons. The van der Waals surface area contributed by atoms with Crippen molar-refractivity contribution >= 4 is 20.9 Å². The highest BCUT2D eigenvalue weighted by Gasteiger charge is 2.53. The van der Waals surface area contributed by atoms with E-state index in [1.165, 1.54) is 4.31 Å². The van der Waals surface area contributed by atoms with Gasteiger partial charge in [0.2, 0.25) is 10.0 Å². The van der Waals surface area contributed by atoms with Crippen molar-refractivity contribution < 1.29 is 18.3 Å². The van der Waals surface area contributed by atoms with Crippen LogP contribution in [0.3, 0.4) is 0 Å². The van der Waals surface area contributed by atoms with E-state index in [9.17, 15) is 13.5 Å². The molecule has 2 aliphatic heterocycles. The summed E-state index contributed by atoms with van der Waals surface area (Å²) in [4.78, 5) is 3.75. The summed E-state index contributed by atoms with van der Waals surface area (Å²) < 4.78 is 32.9. The van der Waals surface area contributed by atoms with Crippen LogP contribution >= 0.6 is 0 Å². The third-order valence-corrected chi connectivity index (χ3v) is 7.93. The zero-order chi connectivity index (χ0) is 20.2. The van der Waals surface area contributed by atoms with Gasteiger partial charge in [0.15, 0.2) is 0 Å². The molecule has 0 radical (unpaired) electrons. The van der Waals surface area contributed by atoms with Gasteiger partial charge >= 0.3 is 0 Å². The average Bonchev–Trinajstić information content (AvgIpc) is 3.11. The predicted octanol–water partition coefficient (Wildman–Crippen LogP) is 1.76. The van der Waals surface area contributed by atoms with Crippen LogP contribution in [0.5, 0.6) is 5.75 Å². The second kappa shape index (κ2) is 6.56. The number of methoxy groups -OCH3 is 1. The lowest BCUT2D eigenvalue weighted by Crippen LogP contribution is -2.66. The fraction of sp³-hybridized carbons (Fsp3) is 0.333. The molecule has 2 aliphatic rings. The largest absolute Gasteiger partial charge is 0.497 e. The highest BCUT2D eigenvalue weighted by molar-refractivity contribution is 7.89. The zero-order valence-electron chi connectivity index (χ0n) is 16.1. The molecule has 1 fully saturated rings. The Kier molecular flexibility index (Phi) is 4.22. The van der Waals surface area contributed by atoms with E-state index in [-0.39, 0.29) is 18.1 Å². The van der Waals surface area contributed by atoms with Crippen LogP contribution in [0.2, 0.25) is 0 Å². The van der Waals surface area contributed by atoms with Gasteiger partial charge in [-0.15, -0.1) is 0 Å². The van der Waals surface area contributed by atoms with E-state index < -0.39 is 10.0 Å². The zero-order valence-corrected chi connectivity index (χ0v) is 16.9. The number of benzene rings is 2. The summed E-state index contributed by atoms with van der Waals surface area (Å²) in [5, 5.41) is 14.3. The maximum atomic E-state index is 13.0. The Labute approximate surface area is 169 Å². The SMILES string of the molecule is COc1ccc2c3c([nH]c2c1)[C@@H](CO)NCC31CN(S(=O)(=O)c2ccccc2)C1. The lowest BCUT2D eigenvalue weighted by atomic mass is 9.71. The van der Waals surface area contributed by atoms with Crippen LogP contribution in [-0.4, -0.2) is 56.2 Å². The summed E-state index contributed by atoms with van der Waals surface area (Å²) in [6.07, 6.45) is 0. The minimum atomic E-state index is -3.52. The van der Waals surface area contributed by atoms with E-state index >= 15 is 0 Å². The quantitative estimate of drug-likeness (QED) is 0.606. The number of aliphatic hydroxyl groups is 1. The van der Waals surface area contributed by atoms with E-state index in [4.69, 9.17) is 4.74 Å². The monoisotopic (exact) mass is 413 g/mol. The average molecular weight is 413 g/mol. The molecule has 1 aromatic heterocycles. The topological polar surface area (TPSA) is 94.7 Å². The van der Waals surface area contributed by atoms with Crippen molar-refractivity contribution in [2.75, 3.05) is 33.4 Å². The van der Waals surface area contributed by atoms with Gasteiger partial charge in [-0.2, -0.15) is 4.31 Å². The molecule has 0 unspecified atom stereocenters. The molecule has 3 heterocycles. The minimum absolute atomic E-state index is 0.0287. The Morgan fingerprint density at radius 1 is 1.21 bits per heavy atom. The molecule has 5 rings (SSSR count). The van der Waals surface area contributed by atoms with Crippen LogP contribution in [0.4, 0.5) is 0 Å². The van der Waals surface area contributed by atoms with Crippen molar-refractivity contribution in [3.05, 3.63) is 59.8 Å². The van der Waals surface area contributed by atoms with E-state index in [1.54, 1.807) is 31.4 Å². The van der Waals surface area contributed by atoms with Crippen molar-refractivity contribution in [2.24, 2.45) is 0 Å². The smallest absolute Gasteiger partial charge is 0.243 e. The van der Waals surface area contributed by atoms with Crippen LogP contribution in [0, 0.1) is 0 Å². The summed E-state index contributed by atoms with van der Waals surface area (Å²) in [5.74, 6) is 0.751. The summed E-state index contributed by atoms with van der Waals surface area (Å²) in [7, 11) is -1.89. The van der Waals surface area contributed by atoms with E-state index in [2.05, 4.69) is 10.3 Å². The maximum Gasteiger partial charge on any atom is 0.243 e. The third-order valence-electron chi connectivity index (χ3n) is 6.12. The number of hydrogen-bond donors (Lipinski definition) is 3. The number of sulfonamides is 1. The first-order valence-electron chi connectivity index (χ1n) is 9.58. The molecular formula is C21H23N3O4S. The number of aromatic nitrogens is 1. The summed E-state index contributed by atoms with van der Waals surface area (Å²) >= 11 is 0. The first-order chi connectivity index (χ1) is 14.0. The molecule has 0 bridgehead atoms. The summed E-state index contributed by atoms with van der Waals surface area (Å²) in [5.41, 5.74) is 2.64. The van der Waals surface area contributed by atoms with Gasteiger partial charge in [0.25, 0.3) is 0 Å². The third kappa shape index (κ3) is 2.71. The van der Waals surface area contributed by atoms with Crippen molar-refractivity contribution in [2.45, 2.75) is 16.4 Å². The van der Waals surface area contributed by atoms with Gasteiger partial charge in [0.1, 0.15) is 5.75 Å². The first kappa shape index (κ1) is 18.6. The summed E-state index contributed by atoms with van der Waals surface area (Å²) in [6, 6.07) is 14.2. The second-order valence-electron chi connectivity index (χ2n) is 7.81. The van der Waals surface area contributed by atoms with Gasteiger partial charge in [-0.3, -0.25) is 0 Å². The van der Waals surface area contributed by atoms with Crippen LogP contribution in [-0.2, 0) is 15.4 Å². The number of nitrogens with zero attached hydrogens (tertiary/aromatic N) is 1. The summed E-state index contributed by atoms with van der Waals surface area (Å²) in [6.45, 7) is 1.40. The van der Waals surface area contributed by atoms with Crippen molar-refractivity contribution in [1.82, 2.24) is 14.6 Å². The number of fused-ring (bicyclic) bond motifs is 4. The number of rotatable bonds is 4. The molecule has 1 saturated heterocycles. The van der Waals surface area contributed by atoms with Gasteiger partial charge in [-0.1, -0.05) is 18.2 Å².